The van der Waals surface area contributed by atoms with E-state index in [0.29, 0.717) is 13.2 Å². The van der Waals surface area contributed by atoms with Gasteiger partial charge in [-0.15, -0.1) is 6.58 Å². The number of aliphatic hydroxyl groups is 1. The molecule has 1 N–H and O–H groups in total. The molecule has 0 aromatic heterocycles. The molecule has 1 aliphatic rings. The number of benzene rings is 1. The molecule has 0 unspecified atom stereocenters. The zero-order valence-corrected chi connectivity index (χ0v) is 23.2. The van der Waals surface area contributed by atoms with Crippen molar-refractivity contribution in [3.63, 3.8) is 0 Å². The molecular weight excluding hydrogens is 448 g/mol. The Labute approximate surface area is 207 Å². The van der Waals surface area contributed by atoms with E-state index in [1.54, 1.807) is 13.2 Å². The third-order valence-electron chi connectivity index (χ3n) is 7.09. The lowest BCUT2D eigenvalue weighted by molar-refractivity contribution is -0.145. The van der Waals surface area contributed by atoms with E-state index in [9.17, 15) is 5.11 Å². The lowest BCUT2D eigenvalue weighted by Gasteiger charge is -2.41. The normalized spacial score (nSPS) is 21.6. The number of ether oxygens (including phenoxy) is 4. The number of methoxy groups -OCH3 is 1. The highest BCUT2D eigenvalue weighted by Gasteiger charge is 2.42. The second kappa shape index (κ2) is 13.2. The van der Waals surface area contributed by atoms with Crippen molar-refractivity contribution in [3.05, 3.63) is 42.5 Å². The Morgan fingerprint density at radius 3 is 2.24 bits per heavy atom. The van der Waals surface area contributed by atoms with E-state index in [2.05, 4.69) is 34.3 Å². The third-order valence-corrected chi connectivity index (χ3v) is 11.7. The number of aliphatic hydroxyl groups excluding tert-OH is 1. The molecule has 5 atom stereocenters. The lowest BCUT2D eigenvalue weighted by Crippen LogP contribution is -2.51. The van der Waals surface area contributed by atoms with Gasteiger partial charge in [-0.2, -0.15) is 0 Å². The van der Waals surface area contributed by atoms with Gasteiger partial charge in [0.25, 0.3) is 0 Å². The van der Waals surface area contributed by atoms with Gasteiger partial charge in [0.1, 0.15) is 11.9 Å². The van der Waals surface area contributed by atoms with Gasteiger partial charge in [0.15, 0.2) is 14.1 Å². The van der Waals surface area contributed by atoms with Crippen molar-refractivity contribution in [2.45, 2.75) is 103 Å². The minimum Gasteiger partial charge on any atom is -0.497 e. The Morgan fingerprint density at radius 2 is 1.76 bits per heavy atom. The fourth-order valence-electron chi connectivity index (χ4n) is 4.68. The van der Waals surface area contributed by atoms with Crippen molar-refractivity contribution < 1.29 is 28.5 Å². The molecule has 1 saturated heterocycles. The summed E-state index contributed by atoms with van der Waals surface area (Å²) in [6.45, 7) is 17.4. The maximum absolute atomic E-state index is 11.0. The Hall–Kier alpha value is -1.22. The summed E-state index contributed by atoms with van der Waals surface area (Å²) >= 11 is 0. The molecule has 6 nitrogen and oxygen atoms in total. The van der Waals surface area contributed by atoms with Crippen LogP contribution in [0.3, 0.4) is 0 Å². The van der Waals surface area contributed by atoms with E-state index >= 15 is 0 Å². The molecule has 0 spiro atoms. The molecule has 1 aliphatic heterocycles. The van der Waals surface area contributed by atoms with Crippen molar-refractivity contribution in [1.82, 2.24) is 0 Å². The number of hydrogen-bond acceptors (Lipinski definition) is 6. The van der Waals surface area contributed by atoms with E-state index in [0.717, 1.165) is 35.9 Å². The van der Waals surface area contributed by atoms with Crippen LogP contribution in [0.5, 0.6) is 5.75 Å². The van der Waals surface area contributed by atoms with E-state index in [4.69, 9.17) is 23.4 Å². The summed E-state index contributed by atoms with van der Waals surface area (Å²) < 4.78 is 30.5. The number of hydrogen-bond donors (Lipinski definition) is 1. The van der Waals surface area contributed by atoms with Crippen LogP contribution in [0.4, 0.5) is 0 Å². The van der Waals surface area contributed by atoms with Gasteiger partial charge in [0.2, 0.25) is 0 Å². The van der Waals surface area contributed by atoms with Crippen LogP contribution in [0.25, 0.3) is 0 Å². The molecule has 1 heterocycles. The molecule has 194 valence electrons. The van der Waals surface area contributed by atoms with Crippen LogP contribution in [0.1, 0.15) is 53.5 Å². The second-order valence-electron chi connectivity index (χ2n) is 9.84. The summed E-state index contributed by atoms with van der Waals surface area (Å²) in [6, 6.07) is 10.8. The van der Waals surface area contributed by atoms with Crippen molar-refractivity contribution in [3.8, 4) is 5.75 Å². The summed E-state index contributed by atoms with van der Waals surface area (Å²) in [6.07, 6.45) is 0.645. The van der Waals surface area contributed by atoms with E-state index in [-0.39, 0.29) is 18.1 Å². The molecule has 1 aromatic rings. The van der Waals surface area contributed by atoms with Crippen LogP contribution < -0.4 is 4.74 Å². The quantitative estimate of drug-likeness (QED) is 0.249. The van der Waals surface area contributed by atoms with Crippen LogP contribution >= 0.6 is 0 Å². The van der Waals surface area contributed by atoms with Crippen LogP contribution in [-0.2, 0) is 25.2 Å². The summed E-state index contributed by atoms with van der Waals surface area (Å²) in [5.41, 5.74) is 1.04. The summed E-state index contributed by atoms with van der Waals surface area (Å²) in [5, 5.41) is 11.0. The minimum absolute atomic E-state index is 0.0239. The van der Waals surface area contributed by atoms with E-state index in [1.165, 1.54) is 0 Å². The van der Waals surface area contributed by atoms with Crippen LogP contribution in [0, 0.1) is 5.92 Å². The highest BCUT2D eigenvalue weighted by molar-refractivity contribution is 6.73. The Morgan fingerprint density at radius 1 is 1.15 bits per heavy atom. The molecule has 7 heteroatoms. The van der Waals surface area contributed by atoms with Gasteiger partial charge in [0.05, 0.1) is 38.6 Å². The molecule has 1 fully saturated rings. The number of rotatable bonds is 15. The molecule has 0 amide bonds. The van der Waals surface area contributed by atoms with Gasteiger partial charge in [-0.3, -0.25) is 0 Å². The van der Waals surface area contributed by atoms with Crippen molar-refractivity contribution in [1.29, 1.82) is 0 Å². The maximum atomic E-state index is 11.0. The predicted molar refractivity (Wildman–Crippen MR) is 139 cm³/mol. The fourth-order valence-corrected chi connectivity index (χ4v) is 7.53. The molecule has 0 radical (unpaired) electrons. The first kappa shape index (κ1) is 29.0. The van der Waals surface area contributed by atoms with Crippen LogP contribution in [0.2, 0.25) is 18.1 Å². The highest BCUT2D eigenvalue weighted by Crippen LogP contribution is 2.33. The van der Waals surface area contributed by atoms with Gasteiger partial charge in [-0.05, 0) is 62.0 Å². The van der Waals surface area contributed by atoms with E-state index < -0.39 is 26.3 Å². The SMILES string of the molecule is C=C[C@H](O)[C@@H](O[Si](CC)(CC)CC)[C@@H](OCc1ccc(OC)cc1)[C@H](C)C[C@@H]1COC(C)(C)O1. The van der Waals surface area contributed by atoms with E-state index in [1.807, 2.05) is 38.1 Å². The van der Waals surface area contributed by atoms with Crippen molar-refractivity contribution >= 4 is 8.32 Å². The first-order valence-corrected chi connectivity index (χ1v) is 15.2. The zero-order valence-electron chi connectivity index (χ0n) is 22.2. The highest BCUT2D eigenvalue weighted by atomic mass is 28.4. The monoisotopic (exact) mass is 494 g/mol. The summed E-state index contributed by atoms with van der Waals surface area (Å²) in [5.74, 6) is 0.301. The standard InChI is InChI=1S/C27H46O6Si/c1-9-24(28)26(33-34(10-2,11-3)12-4)25(20(5)17-23-19-31-27(6,7)32-23)30-18-21-13-15-22(29-8)16-14-21/h9,13-16,20,23-26,28H,1,10-12,17-19H2,2-8H3/t20-,23-,24+,25+,26-/m1/s1. The molecule has 0 saturated carbocycles. The average Bonchev–Trinajstić information content (AvgIpc) is 3.19. The minimum atomic E-state index is -2.02. The third kappa shape index (κ3) is 7.90. The van der Waals surface area contributed by atoms with Crippen LogP contribution in [0.15, 0.2) is 36.9 Å². The molecule has 2 rings (SSSR count). The summed E-state index contributed by atoms with van der Waals surface area (Å²) in [4.78, 5) is 0. The van der Waals surface area contributed by atoms with Gasteiger partial charge in [-0.25, -0.2) is 0 Å². The Balaban J connectivity index is 2.28. The first-order valence-electron chi connectivity index (χ1n) is 12.7. The van der Waals surface area contributed by atoms with Gasteiger partial charge in [0, 0.05) is 0 Å². The average molecular weight is 495 g/mol. The predicted octanol–water partition coefficient (Wildman–Crippen LogP) is 5.70. The summed E-state index contributed by atoms with van der Waals surface area (Å²) in [7, 11) is -0.360. The second-order valence-corrected chi connectivity index (χ2v) is 14.6. The van der Waals surface area contributed by atoms with Gasteiger partial charge < -0.3 is 28.5 Å². The molecule has 34 heavy (non-hydrogen) atoms. The largest absolute Gasteiger partial charge is 0.497 e. The van der Waals surface area contributed by atoms with Crippen LogP contribution in [-0.4, -0.2) is 57.3 Å². The zero-order chi connectivity index (χ0) is 25.4. The first-order chi connectivity index (χ1) is 16.1. The maximum Gasteiger partial charge on any atom is 0.192 e. The molecule has 0 aliphatic carbocycles. The van der Waals surface area contributed by atoms with Gasteiger partial charge >= 0.3 is 0 Å². The van der Waals surface area contributed by atoms with Gasteiger partial charge in [-0.1, -0.05) is 45.9 Å². The Bertz CT molecular complexity index is 725. The smallest absolute Gasteiger partial charge is 0.192 e. The van der Waals surface area contributed by atoms with Crippen molar-refractivity contribution in [2.24, 2.45) is 5.92 Å². The molecule has 0 bridgehead atoms. The molecular formula is C27H46O6Si. The van der Waals surface area contributed by atoms with Crippen molar-refractivity contribution in [2.75, 3.05) is 13.7 Å². The molecule has 1 aromatic carbocycles. The topological polar surface area (TPSA) is 66.4 Å². The fraction of sp³-hybridized carbons (Fsp3) is 0.704. The lowest BCUT2D eigenvalue weighted by atomic mass is 9.91. The Kier molecular flexibility index (Phi) is 11.3.